The third-order valence-electron chi connectivity index (χ3n) is 5.16. The zero-order chi connectivity index (χ0) is 19.0. The number of rotatable bonds is 3. The summed E-state index contributed by atoms with van der Waals surface area (Å²) < 4.78 is 7.22. The van der Waals surface area contributed by atoms with Crippen molar-refractivity contribution < 1.29 is 4.74 Å². The summed E-state index contributed by atoms with van der Waals surface area (Å²) in [6, 6.07) is 5.92. The summed E-state index contributed by atoms with van der Waals surface area (Å²) in [5.74, 6) is 1.57. The van der Waals surface area contributed by atoms with Crippen LogP contribution in [0.3, 0.4) is 0 Å². The Morgan fingerprint density at radius 2 is 1.81 bits per heavy atom. The van der Waals surface area contributed by atoms with Crippen molar-refractivity contribution in [3.05, 3.63) is 36.8 Å². The minimum atomic E-state index is 0.207. The zero-order valence-electron chi connectivity index (χ0n) is 16.4. The topological polar surface area (TPSA) is 58.8 Å². The van der Waals surface area contributed by atoms with Gasteiger partial charge in [-0.1, -0.05) is 0 Å². The Bertz CT molecular complexity index is 937. The quantitative estimate of drug-likeness (QED) is 0.710. The molecular weight excluding hydrogens is 340 g/mol. The lowest BCUT2D eigenvalue weighted by Gasteiger charge is -2.42. The van der Waals surface area contributed by atoms with Gasteiger partial charge in [0, 0.05) is 49.7 Å². The Morgan fingerprint density at radius 3 is 2.52 bits per heavy atom. The Kier molecular flexibility index (Phi) is 4.47. The number of nitrogens with zero attached hydrogens (tertiary/aromatic N) is 6. The number of anilines is 1. The molecule has 0 N–H and O–H groups in total. The number of ether oxygens (including phenoxy) is 1. The van der Waals surface area contributed by atoms with Crippen LogP contribution in [-0.2, 0) is 0 Å². The predicted molar refractivity (Wildman–Crippen MR) is 106 cm³/mol. The van der Waals surface area contributed by atoms with Crippen molar-refractivity contribution in [2.24, 2.45) is 0 Å². The largest absolute Gasteiger partial charge is 0.481 e. The third-order valence-corrected chi connectivity index (χ3v) is 5.16. The van der Waals surface area contributed by atoms with Gasteiger partial charge in [-0.05, 0) is 39.0 Å². The van der Waals surface area contributed by atoms with Gasteiger partial charge >= 0.3 is 0 Å². The van der Waals surface area contributed by atoms with Crippen LogP contribution in [-0.4, -0.2) is 63.3 Å². The minimum absolute atomic E-state index is 0.207. The molecule has 0 atom stereocenters. The van der Waals surface area contributed by atoms with Gasteiger partial charge in [-0.2, -0.15) is 5.10 Å². The lowest BCUT2D eigenvalue weighted by Crippen LogP contribution is -2.53. The summed E-state index contributed by atoms with van der Waals surface area (Å²) in [7, 11) is 1.63. The number of hydrogen-bond acceptors (Lipinski definition) is 6. The normalized spacial score (nSPS) is 16.1. The highest BCUT2D eigenvalue weighted by atomic mass is 16.5. The molecule has 7 heteroatoms. The molecule has 4 heterocycles. The van der Waals surface area contributed by atoms with Crippen LogP contribution in [0.1, 0.15) is 20.8 Å². The van der Waals surface area contributed by atoms with E-state index in [0.29, 0.717) is 5.88 Å². The van der Waals surface area contributed by atoms with Crippen molar-refractivity contribution in [2.75, 3.05) is 38.2 Å². The van der Waals surface area contributed by atoms with E-state index in [2.05, 4.69) is 40.7 Å². The van der Waals surface area contributed by atoms with Crippen molar-refractivity contribution in [3.63, 3.8) is 0 Å². The summed E-state index contributed by atoms with van der Waals surface area (Å²) in [5.41, 5.74) is 2.85. The molecule has 3 aromatic heterocycles. The van der Waals surface area contributed by atoms with Gasteiger partial charge < -0.3 is 9.64 Å². The lowest BCUT2D eigenvalue weighted by atomic mass is 10.1. The van der Waals surface area contributed by atoms with Crippen molar-refractivity contribution in [1.29, 1.82) is 0 Å². The van der Waals surface area contributed by atoms with Crippen LogP contribution in [0, 0.1) is 0 Å². The van der Waals surface area contributed by atoms with E-state index in [0.717, 1.165) is 48.8 Å². The molecule has 142 valence electrons. The second-order valence-corrected chi connectivity index (χ2v) is 7.82. The molecule has 1 saturated heterocycles. The van der Waals surface area contributed by atoms with Crippen LogP contribution in [0.4, 0.5) is 5.82 Å². The second kappa shape index (κ2) is 6.81. The van der Waals surface area contributed by atoms with E-state index in [-0.39, 0.29) is 5.54 Å². The Hall–Kier alpha value is -2.67. The van der Waals surface area contributed by atoms with Crippen LogP contribution in [0.2, 0.25) is 0 Å². The van der Waals surface area contributed by atoms with E-state index >= 15 is 0 Å². The summed E-state index contributed by atoms with van der Waals surface area (Å²) in [6.07, 6.45) is 5.52. The second-order valence-electron chi connectivity index (χ2n) is 7.82. The summed E-state index contributed by atoms with van der Waals surface area (Å²) in [5, 5.41) is 4.45. The molecule has 0 unspecified atom stereocenters. The fourth-order valence-electron chi connectivity index (χ4n) is 3.59. The monoisotopic (exact) mass is 366 g/mol. The Morgan fingerprint density at radius 1 is 1.04 bits per heavy atom. The number of aromatic nitrogens is 4. The Balaban J connectivity index is 1.65. The zero-order valence-corrected chi connectivity index (χ0v) is 16.4. The molecule has 0 radical (unpaired) electrons. The molecule has 0 bridgehead atoms. The molecule has 0 amide bonds. The third kappa shape index (κ3) is 3.35. The van der Waals surface area contributed by atoms with E-state index < -0.39 is 0 Å². The fraction of sp³-hybridized carbons (Fsp3) is 0.450. The maximum Gasteiger partial charge on any atom is 0.221 e. The molecule has 0 spiro atoms. The van der Waals surface area contributed by atoms with E-state index in [4.69, 9.17) is 9.72 Å². The van der Waals surface area contributed by atoms with Crippen LogP contribution >= 0.6 is 0 Å². The highest BCUT2D eigenvalue weighted by molar-refractivity contribution is 5.80. The van der Waals surface area contributed by atoms with E-state index in [1.54, 1.807) is 17.8 Å². The van der Waals surface area contributed by atoms with Gasteiger partial charge in [0.25, 0.3) is 0 Å². The summed E-state index contributed by atoms with van der Waals surface area (Å²) in [6.45, 7) is 10.8. The van der Waals surface area contributed by atoms with Crippen molar-refractivity contribution in [1.82, 2.24) is 24.5 Å². The standard InChI is InChI=1S/C20H26N6O/c1-20(2,3)25-12-10-24(11-13-25)17-7-9-26-18(23-17)16(14-22-26)15-6-5-8-21-19(15)27-4/h5-9,14H,10-13H2,1-4H3. The number of piperazine rings is 1. The van der Waals surface area contributed by atoms with E-state index in [1.165, 1.54) is 0 Å². The highest BCUT2D eigenvalue weighted by Crippen LogP contribution is 2.31. The molecule has 7 nitrogen and oxygen atoms in total. The average molecular weight is 366 g/mol. The van der Waals surface area contributed by atoms with Gasteiger partial charge in [-0.3, -0.25) is 4.90 Å². The van der Waals surface area contributed by atoms with Gasteiger partial charge in [0.05, 0.1) is 18.9 Å². The maximum atomic E-state index is 5.42. The number of pyridine rings is 1. The summed E-state index contributed by atoms with van der Waals surface area (Å²) >= 11 is 0. The van der Waals surface area contributed by atoms with Crippen LogP contribution in [0.5, 0.6) is 5.88 Å². The van der Waals surface area contributed by atoms with Gasteiger partial charge in [0.2, 0.25) is 5.88 Å². The van der Waals surface area contributed by atoms with Crippen LogP contribution in [0.15, 0.2) is 36.8 Å². The molecule has 27 heavy (non-hydrogen) atoms. The Labute approximate surface area is 159 Å². The highest BCUT2D eigenvalue weighted by Gasteiger charge is 2.26. The minimum Gasteiger partial charge on any atom is -0.481 e. The fourth-order valence-corrected chi connectivity index (χ4v) is 3.59. The SMILES string of the molecule is COc1ncccc1-c1cnn2ccc(N3CCN(C(C)(C)C)CC3)nc12. The molecular formula is C20H26N6O. The first-order valence-electron chi connectivity index (χ1n) is 9.31. The first-order chi connectivity index (χ1) is 13.0. The molecule has 1 aliphatic rings. The lowest BCUT2D eigenvalue weighted by molar-refractivity contribution is 0.128. The number of fused-ring (bicyclic) bond motifs is 1. The van der Waals surface area contributed by atoms with Crippen molar-refractivity contribution >= 4 is 11.5 Å². The molecule has 1 fully saturated rings. The molecule has 1 aliphatic heterocycles. The first kappa shape index (κ1) is 17.7. The van der Waals surface area contributed by atoms with Crippen molar-refractivity contribution in [2.45, 2.75) is 26.3 Å². The predicted octanol–water partition coefficient (Wildman–Crippen LogP) is 2.72. The van der Waals surface area contributed by atoms with Gasteiger partial charge in [0.1, 0.15) is 5.82 Å². The molecule has 0 aliphatic carbocycles. The number of methoxy groups -OCH3 is 1. The summed E-state index contributed by atoms with van der Waals surface area (Å²) in [4.78, 5) is 14.1. The van der Waals surface area contributed by atoms with Gasteiger partial charge in [-0.15, -0.1) is 0 Å². The van der Waals surface area contributed by atoms with Gasteiger partial charge in [-0.25, -0.2) is 14.5 Å². The van der Waals surface area contributed by atoms with E-state index in [1.807, 2.05) is 30.6 Å². The first-order valence-corrected chi connectivity index (χ1v) is 9.31. The molecule has 0 saturated carbocycles. The molecule has 4 rings (SSSR count). The maximum absolute atomic E-state index is 5.42. The van der Waals surface area contributed by atoms with Crippen molar-refractivity contribution in [3.8, 4) is 17.0 Å². The number of hydrogen-bond donors (Lipinski definition) is 0. The van der Waals surface area contributed by atoms with E-state index in [9.17, 15) is 0 Å². The van der Waals surface area contributed by atoms with Gasteiger partial charge in [0.15, 0.2) is 5.65 Å². The molecule has 0 aromatic carbocycles. The van der Waals surface area contributed by atoms with Crippen LogP contribution < -0.4 is 9.64 Å². The van der Waals surface area contributed by atoms with Crippen LogP contribution in [0.25, 0.3) is 16.8 Å². The average Bonchev–Trinajstić information content (AvgIpc) is 3.10. The molecule has 3 aromatic rings. The smallest absolute Gasteiger partial charge is 0.221 e.